The number of nitrogens with one attached hydrogen (secondary N) is 1. The predicted octanol–water partition coefficient (Wildman–Crippen LogP) is -1.64. The number of nitrogen functional groups attached to an aromatic ring is 1. The van der Waals surface area contributed by atoms with Crippen LogP contribution in [0.25, 0.3) is 0 Å². The van der Waals surface area contributed by atoms with Crippen molar-refractivity contribution in [3.63, 3.8) is 0 Å². The van der Waals surface area contributed by atoms with Crippen molar-refractivity contribution in [3.05, 3.63) is 5.82 Å². The minimum Gasteiger partial charge on any atom is -0.391 e. The van der Waals surface area contributed by atoms with Crippen molar-refractivity contribution in [3.8, 4) is 0 Å². The zero-order valence-electron chi connectivity index (χ0n) is 7.94. The van der Waals surface area contributed by atoms with E-state index in [0.29, 0.717) is 11.8 Å². The maximum absolute atomic E-state index is 9.28. The molecular weight excluding hydrogens is 184 g/mol. The molecule has 0 aliphatic heterocycles. The fraction of sp³-hybridized carbons (Fsp3) is 0.571. The Balaban J connectivity index is 2.81. The first-order valence-corrected chi connectivity index (χ1v) is 4.22. The first-order chi connectivity index (χ1) is 6.65. The summed E-state index contributed by atoms with van der Waals surface area (Å²) in [5, 5.41) is 12.0. The summed E-state index contributed by atoms with van der Waals surface area (Å²) in [5.74, 6) is 0.945. The standard InChI is InChI=1S/C7H14N6O/c1-10-7-12-5(2-4(14)3-8)11-6(9)13-7/h4,14H,2-3,8H2,1H3,(H3,9,10,11,12,13). The van der Waals surface area contributed by atoms with Gasteiger partial charge in [-0.1, -0.05) is 0 Å². The molecule has 1 atom stereocenters. The molecule has 1 heterocycles. The van der Waals surface area contributed by atoms with Gasteiger partial charge in [-0.3, -0.25) is 0 Å². The minimum absolute atomic E-state index is 0.128. The molecule has 0 saturated heterocycles. The number of aliphatic hydroxyl groups excluding tert-OH is 1. The third-order valence-corrected chi connectivity index (χ3v) is 1.61. The van der Waals surface area contributed by atoms with E-state index in [9.17, 15) is 5.11 Å². The van der Waals surface area contributed by atoms with E-state index in [2.05, 4.69) is 20.3 Å². The lowest BCUT2D eigenvalue weighted by atomic mass is 10.2. The molecule has 7 nitrogen and oxygen atoms in total. The molecule has 1 aromatic heterocycles. The van der Waals surface area contributed by atoms with Crippen LogP contribution in [0.4, 0.5) is 11.9 Å². The third-order valence-electron chi connectivity index (χ3n) is 1.61. The zero-order valence-corrected chi connectivity index (χ0v) is 7.94. The summed E-state index contributed by atoms with van der Waals surface area (Å²) in [6, 6.07) is 0. The van der Waals surface area contributed by atoms with Crippen LogP contribution >= 0.6 is 0 Å². The van der Waals surface area contributed by atoms with E-state index in [1.54, 1.807) is 7.05 Å². The second-order valence-electron chi connectivity index (χ2n) is 2.78. The highest BCUT2D eigenvalue weighted by Crippen LogP contribution is 2.03. The topological polar surface area (TPSA) is 123 Å². The summed E-state index contributed by atoms with van der Waals surface area (Å²) in [4.78, 5) is 11.7. The molecule has 0 aromatic carbocycles. The van der Waals surface area contributed by atoms with Crippen molar-refractivity contribution in [2.75, 3.05) is 24.6 Å². The Hall–Kier alpha value is -1.47. The van der Waals surface area contributed by atoms with E-state index in [1.807, 2.05) is 0 Å². The van der Waals surface area contributed by atoms with Crippen LogP contribution in [0.1, 0.15) is 5.82 Å². The van der Waals surface area contributed by atoms with Gasteiger partial charge in [0.05, 0.1) is 6.10 Å². The van der Waals surface area contributed by atoms with Crippen LogP contribution in [0.5, 0.6) is 0 Å². The molecule has 0 amide bonds. The molecule has 0 spiro atoms. The lowest BCUT2D eigenvalue weighted by molar-refractivity contribution is 0.181. The van der Waals surface area contributed by atoms with Crippen LogP contribution in [-0.2, 0) is 6.42 Å². The largest absolute Gasteiger partial charge is 0.391 e. The fourth-order valence-electron chi connectivity index (χ4n) is 0.935. The minimum atomic E-state index is -0.651. The van der Waals surface area contributed by atoms with Gasteiger partial charge in [-0.25, -0.2) is 0 Å². The second-order valence-corrected chi connectivity index (χ2v) is 2.78. The third kappa shape index (κ3) is 2.79. The molecule has 78 valence electrons. The van der Waals surface area contributed by atoms with E-state index >= 15 is 0 Å². The summed E-state index contributed by atoms with van der Waals surface area (Å²) in [5.41, 5.74) is 10.7. The SMILES string of the molecule is CNc1nc(N)nc(CC(O)CN)n1. The van der Waals surface area contributed by atoms with Gasteiger partial charge in [0.15, 0.2) is 0 Å². The van der Waals surface area contributed by atoms with Crippen molar-refractivity contribution in [1.29, 1.82) is 0 Å². The molecule has 1 aromatic rings. The molecule has 0 aliphatic rings. The van der Waals surface area contributed by atoms with Gasteiger partial charge in [0.1, 0.15) is 5.82 Å². The van der Waals surface area contributed by atoms with Crippen molar-refractivity contribution in [2.45, 2.75) is 12.5 Å². The van der Waals surface area contributed by atoms with Crippen LogP contribution in [-0.4, -0.2) is 39.8 Å². The summed E-state index contributed by atoms with van der Waals surface area (Å²) in [7, 11) is 1.68. The predicted molar refractivity (Wildman–Crippen MR) is 52.6 cm³/mol. The number of anilines is 2. The molecule has 0 bridgehead atoms. The van der Waals surface area contributed by atoms with Crippen molar-refractivity contribution in [2.24, 2.45) is 5.73 Å². The second kappa shape index (κ2) is 4.68. The number of rotatable bonds is 4. The van der Waals surface area contributed by atoms with Crippen molar-refractivity contribution >= 4 is 11.9 Å². The summed E-state index contributed by atoms with van der Waals surface area (Å²) >= 11 is 0. The molecule has 0 aliphatic carbocycles. The van der Waals surface area contributed by atoms with Crippen molar-refractivity contribution < 1.29 is 5.11 Å². The molecule has 7 heteroatoms. The van der Waals surface area contributed by atoms with Gasteiger partial charge in [0.2, 0.25) is 11.9 Å². The quantitative estimate of drug-likeness (QED) is 0.457. The first kappa shape index (κ1) is 10.6. The van der Waals surface area contributed by atoms with Crippen LogP contribution in [0, 0.1) is 0 Å². The number of aromatic nitrogens is 3. The van der Waals surface area contributed by atoms with Gasteiger partial charge in [0, 0.05) is 20.0 Å². The van der Waals surface area contributed by atoms with Gasteiger partial charge >= 0.3 is 0 Å². The highest BCUT2D eigenvalue weighted by Gasteiger charge is 2.08. The summed E-state index contributed by atoms with van der Waals surface area (Å²) < 4.78 is 0. The van der Waals surface area contributed by atoms with Gasteiger partial charge in [-0.15, -0.1) is 0 Å². The first-order valence-electron chi connectivity index (χ1n) is 4.22. The average Bonchev–Trinajstić information content (AvgIpc) is 2.16. The number of nitrogens with zero attached hydrogens (tertiary/aromatic N) is 3. The Morgan fingerprint density at radius 1 is 1.43 bits per heavy atom. The molecule has 0 fully saturated rings. The number of hydrogen-bond acceptors (Lipinski definition) is 7. The molecular formula is C7H14N6O. The normalized spacial score (nSPS) is 12.5. The van der Waals surface area contributed by atoms with Crippen LogP contribution < -0.4 is 16.8 Å². The molecule has 6 N–H and O–H groups in total. The Kier molecular flexibility index (Phi) is 3.55. The smallest absolute Gasteiger partial charge is 0.227 e. The Morgan fingerprint density at radius 3 is 2.71 bits per heavy atom. The molecule has 0 saturated carbocycles. The Bertz CT molecular complexity index is 304. The lowest BCUT2D eigenvalue weighted by Gasteiger charge is -2.07. The van der Waals surface area contributed by atoms with E-state index in [1.165, 1.54) is 0 Å². The average molecular weight is 198 g/mol. The Morgan fingerprint density at radius 2 is 2.14 bits per heavy atom. The van der Waals surface area contributed by atoms with E-state index in [0.717, 1.165) is 0 Å². The zero-order chi connectivity index (χ0) is 10.6. The molecule has 1 rings (SSSR count). The van der Waals surface area contributed by atoms with Crippen LogP contribution in [0.2, 0.25) is 0 Å². The van der Waals surface area contributed by atoms with E-state index < -0.39 is 6.10 Å². The highest BCUT2D eigenvalue weighted by molar-refractivity contribution is 5.30. The lowest BCUT2D eigenvalue weighted by Crippen LogP contribution is -2.23. The van der Waals surface area contributed by atoms with Gasteiger partial charge in [0.25, 0.3) is 0 Å². The number of aliphatic hydroxyl groups is 1. The summed E-state index contributed by atoms with van der Waals surface area (Å²) in [6.07, 6.45) is -0.376. The molecule has 1 unspecified atom stereocenters. The van der Waals surface area contributed by atoms with Gasteiger partial charge in [-0.05, 0) is 0 Å². The van der Waals surface area contributed by atoms with Gasteiger partial charge in [-0.2, -0.15) is 15.0 Å². The fourth-order valence-corrected chi connectivity index (χ4v) is 0.935. The monoisotopic (exact) mass is 198 g/mol. The van der Waals surface area contributed by atoms with E-state index in [4.69, 9.17) is 11.5 Å². The van der Waals surface area contributed by atoms with E-state index in [-0.39, 0.29) is 18.9 Å². The molecule has 14 heavy (non-hydrogen) atoms. The van der Waals surface area contributed by atoms with Crippen LogP contribution in [0.15, 0.2) is 0 Å². The number of nitrogens with two attached hydrogens (primary N) is 2. The highest BCUT2D eigenvalue weighted by atomic mass is 16.3. The summed E-state index contributed by atoms with van der Waals surface area (Å²) in [6.45, 7) is 0.167. The Labute approximate surface area is 81.6 Å². The van der Waals surface area contributed by atoms with Gasteiger partial charge < -0.3 is 21.9 Å². The maximum Gasteiger partial charge on any atom is 0.227 e. The van der Waals surface area contributed by atoms with Crippen LogP contribution in [0.3, 0.4) is 0 Å². The maximum atomic E-state index is 9.28. The molecule has 0 radical (unpaired) electrons. The van der Waals surface area contributed by atoms with Crippen molar-refractivity contribution in [1.82, 2.24) is 15.0 Å². The number of hydrogen-bond donors (Lipinski definition) is 4.